The highest BCUT2D eigenvalue weighted by atomic mass is 16.3. The summed E-state index contributed by atoms with van der Waals surface area (Å²) in [6, 6.07) is 8.30. The zero-order valence-corrected chi connectivity index (χ0v) is 16.2. The average Bonchev–Trinajstić information content (AvgIpc) is 3.04. The van der Waals surface area contributed by atoms with E-state index in [1.165, 1.54) is 5.56 Å². The van der Waals surface area contributed by atoms with Crippen LogP contribution in [-0.4, -0.2) is 57.7 Å². The topological polar surface area (TPSA) is 68.3 Å². The quantitative estimate of drug-likeness (QED) is 0.744. The second-order valence-corrected chi connectivity index (χ2v) is 7.55. The Morgan fingerprint density at radius 1 is 1.04 bits per heavy atom. The van der Waals surface area contributed by atoms with E-state index in [2.05, 4.69) is 49.9 Å². The molecule has 2 aromatic heterocycles. The van der Waals surface area contributed by atoms with Crippen LogP contribution in [0.4, 0.5) is 5.95 Å². The normalized spacial score (nSPS) is 16.8. The van der Waals surface area contributed by atoms with E-state index in [4.69, 9.17) is 0 Å². The number of aromatic amines is 1. The van der Waals surface area contributed by atoms with Crippen molar-refractivity contribution in [2.75, 3.05) is 37.6 Å². The molecular formula is C21H27N5O. The SMILES string of the molecule is Cc1ccc2c(C(O)CN3CCN(c4nc(C)cc(C)n4)CC3)c[nH]c2c1. The second kappa shape index (κ2) is 7.29. The van der Waals surface area contributed by atoms with Gasteiger partial charge in [0.1, 0.15) is 0 Å². The van der Waals surface area contributed by atoms with Gasteiger partial charge in [-0.25, -0.2) is 9.97 Å². The number of piperazine rings is 1. The monoisotopic (exact) mass is 365 g/mol. The molecule has 1 unspecified atom stereocenters. The summed E-state index contributed by atoms with van der Waals surface area (Å²) >= 11 is 0. The first-order chi connectivity index (χ1) is 13.0. The summed E-state index contributed by atoms with van der Waals surface area (Å²) < 4.78 is 0. The van der Waals surface area contributed by atoms with Crippen LogP contribution in [0.5, 0.6) is 0 Å². The van der Waals surface area contributed by atoms with E-state index in [1.807, 2.05) is 26.1 Å². The molecule has 1 atom stereocenters. The third-order valence-electron chi connectivity index (χ3n) is 5.28. The summed E-state index contributed by atoms with van der Waals surface area (Å²) in [6.07, 6.45) is 1.44. The minimum atomic E-state index is -0.495. The van der Waals surface area contributed by atoms with Gasteiger partial charge in [0.05, 0.1) is 6.10 Å². The molecule has 0 bridgehead atoms. The van der Waals surface area contributed by atoms with E-state index in [9.17, 15) is 5.11 Å². The predicted molar refractivity (Wildman–Crippen MR) is 108 cm³/mol. The van der Waals surface area contributed by atoms with Crippen LogP contribution in [0, 0.1) is 20.8 Å². The molecule has 1 aliphatic rings. The van der Waals surface area contributed by atoms with E-state index in [-0.39, 0.29) is 0 Å². The number of H-pyrrole nitrogens is 1. The van der Waals surface area contributed by atoms with E-state index in [0.717, 1.165) is 60.0 Å². The van der Waals surface area contributed by atoms with Gasteiger partial charge in [-0.1, -0.05) is 12.1 Å². The number of benzene rings is 1. The van der Waals surface area contributed by atoms with Crippen LogP contribution in [0.3, 0.4) is 0 Å². The van der Waals surface area contributed by atoms with Crippen molar-refractivity contribution in [3.63, 3.8) is 0 Å². The Kier molecular flexibility index (Phi) is 4.85. The molecule has 4 rings (SSSR count). The van der Waals surface area contributed by atoms with Gasteiger partial charge in [-0.15, -0.1) is 0 Å². The number of aliphatic hydroxyl groups is 1. The number of fused-ring (bicyclic) bond motifs is 1. The van der Waals surface area contributed by atoms with Crippen LogP contribution in [-0.2, 0) is 0 Å². The fourth-order valence-electron chi connectivity index (χ4n) is 3.86. The van der Waals surface area contributed by atoms with Crippen molar-refractivity contribution in [2.45, 2.75) is 26.9 Å². The highest BCUT2D eigenvalue weighted by molar-refractivity contribution is 5.84. The molecule has 0 radical (unpaired) electrons. The lowest BCUT2D eigenvalue weighted by molar-refractivity contribution is 0.110. The lowest BCUT2D eigenvalue weighted by atomic mass is 10.1. The van der Waals surface area contributed by atoms with E-state index in [0.29, 0.717) is 6.54 Å². The van der Waals surface area contributed by atoms with Crippen molar-refractivity contribution < 1.29 is 5.11 Å². The zero-order valence-electron chi connectivity index (χ0n) is 16.2. The Morgan fingerprint density at radius 3 is 2.44 bits per heavy atom. The third kappa shape index (κ3) is 3.82. The molecule has 6 nitrogen and oxygen atoms in total. The molecule has 0 amide bonds. The first-order valence-corrected chi connectivity index (χ1v) is 9.55. The smallest absolute Gasteiger partial charge is 0.225 e. The predicted octanol–water partition coefficient (Wildman–Crippen LogP) is 2.74. The highest BCUT2D eigenvalue weighted by Gasteiger charge is 2.23. The maximum atomic E-state index is 10.8. The number of β-amino-alcohol motifs (C(OH)–C–C–N with tert-alkyl or cyclic N) is 1. The fraction of sp³-hybridized carbons (Fsp3) is 0.429. The van der Waals surface area contributed by atoms with Crippen LogP contribution in [0.25, 0.3) is 10.9 Å². The number of hydrogen-bond donors (Lipinski definition) is 2. The molecule has 2 N–H and O–H groups in total. The summed E-state index contributed by atoms with van der Waals surface area (Å²) in [6.45, 7) is 10.3. The number of aliphatic hydroxyl groups excluding tert-OH is 1. The van der Waals surface area contributed by atoms with Crippen LogP contribution >= 0.6 is 0 Å². The zero-order chi connectivity index (χ0) is 19.0. The summed E-state index contributed by atoms with van der Waals surface area (Å²) in [5, 5.41) is 11.9. The molecule has 1 aliphatic heterocycles. The minimum Gasteiger partial charge on any atom is -0.387 e. The van der Waals surface area contributed by atoms with Crippen molar-refractivity contribution in [1.29, 1.82) is 0 Å². The fourth-order valence-corrected chi connectivity index (χ4v) is 3.86. The maximum Gasteiger partial charge on any atom is 0.225 e. The Labute approximate surface area is 159 Å². The molecule has 3 heterocycles. The number of anilines is 1. The van der Waals surface area contributed by atoms with E-state index < -0.39 is 6.10 Å². The molecule has 6 heteroatoms. The molecule has 0 saturated carbocycles. The second-order valence-electron chi connectivity index (χ2n) is 7.55. The molecule has 1 saturated heterocycles. The number of rotatable bonds is 4. The Balaban J connectivity index is 1.39. The Morgan fingerprint density at radius 2 is 1.74 bits per heavy atom. The van der Waals surface area contributed by atoms with Gasteiger partial charge in [0.2, 0.25) is 5.95 Å². The molecule has 0 spiro atoms. The van der Waals surface area contributed by atoms with E-state index in [1.54, 1.807) is 0 Å². The molecule has 3 aromatic rings. The van der Waals surface area contributed by atoms with Gasteiger partial charge in [-0.05, 0) is 38.5 Å². The van der Waals surface area contributed by atoms with Crippen molar-refractivity contribution in [1.82, 2.24) is 19.9 Å². The molecular weight excluding hydrogens is 338 g/mol. The molecule has 27 heavy (non-hydrogen) atoms. The van der Waals surface area contributed by atoms with Gasteiger partial charge in [0.25, 0.3) is 0 Å². The molecule has 1 aromatic carbocycles. The van der Waals surface area contributed by atoms with Crippen LogP contribution in [0.2, 0.25) is 0 Å². The van der Waals surface area contributed by atoms with Crippen LogP contribution in [0.15, 0.2) is 30.5 Å². The summed E-state index contributed by atoms with van der Waals surface area (Å²) in [5.74, 6) is 0.819. The van der Waals surface area contributed by atoms with Gasteiger partial charge in [-0.2, -0.15) is 0 Å². The van der Waals surface area contributed by atoms with E-state index >= 15 is 0 Å². The standard InChI is InChI=1S/C21H27N5O/c1-14-4-5-17-18(12-22-19(17)10-14)20(27)13-25-6-8-26(9-7-25)21-23-15(2)11-16(3)24-21/h4-5,10-12,20,22,27H,6-9,13H2,1-3H3. The first-order valence-electron chi connectivity index (χ1n) is 9.55. The molecule has 142 valence electrons. The highest BCUT2D eigenvalue weighted by Crippen LogP contribution is 2.26. The van der Waals surface area contributed by atoms with Crippen molar-refractivity contribution in [3.05, 3.63) is 53.0 Å². The molecule has 0 aliphatic carbocycles. The van der Waals surface area contributed by atoms with Gasteiger partial charge >= 0.3 is 0 Å². The lowest BCUT2D eigenvalue weighted by Crippen LogP contribution is -2.48. The minimum absolute atomic E-state index is 0.495. The van der Waals surface area contributed by atoms with Crippen LogP contribution in [0.1, 0.15) is 28.6 Å². The Bertz CT molecular complexity index is 923. The van der Waals surface area contributed by atoms with Gasteiger partial charge in [0, 0.05) is 66.8 Å². The van der Waals surface area contributed by atoms with Gasteiger partial charge in [0.15, 0.2) is 0 Å². The lowest BCUT2D eigenvalue weighted by Gasteiger charge is -2.35. The first kappa shape index (κ1) is 17.9. The van der Waals surface area contributed by atoms with Gasteiger partial charge in [-0.3, -0.25) is 4.90 Å². The Hall–Kier alpha value is -2.44. The van der Waals surface area contributed by atoms with Crippen molar-refractivity contribution >= 4 is 16.9 Å². The summed E-state index contributed by atoms with van der Waals surface area (Å²) in [4.78, 5) is 17.0. The summed E-state index contributed by atoms with van der Waals surface area (Å²) in [5.41, 5.74) is 5.29. The van der Waals surface area contributed by atoms with Crippen molar-refractivity contribution in [3.8, 4) is 0 Å². The number of aromatic nitrogens is 3. The number of nitrogens with one attached hydrogen (secondary N) is 1. The average molecular weight is 365 g/mol. The summed E-state index contributed by atoms with van der Waals surface area (Å²) in [7, 11) is 0. The number of nitrogens with zero attached hydrogens (tertiary/aromatic N) is 4. The maximum absolute atomic E-state index is 10.8. The number of aryl methyl sites for hydroxylation is 3. The van der Waals surface area contributed by atoms with Gasteiger partial charge < -0.3 is 15.0 Å². The van der Waals surface area contributed by atoms with Crippen molar-refractivity contribution in [2.24, 2.45) is 0 Å². The molecule has 1 fully saturated rings. The number of hydrogen-bond acceptors (Lipinski definition) is 5. The third-order valence-corrected chi connectivity index (χ3v) is 5.28. The van der Waals surface area contributed by atoms with Crippen LogP contribution < -0.4 is 4.90 Å². The largest absolute Gasteiger partial charge is 0.387 e.